The molecule has 38 heavy (non-hydrogen) atoms. The minimum Gasteiger partial charge on any atom is -0.444 e. The Morgan fingerprint density at radius 1 is 1.00 bits per heavy atom. The second-order valence-electron chi connectivity index (χ2n) is 12.8. The molecule has 0 aromatic heterocycles. The Balaban J connectivity index is 2.09. The molecule has 0 bridgehead atoms. The van der Waals surface area contributed by atoms with Crippen LogP contribution in [0.25, 0.3) is 0 Å². The minimum absolute atomic E-state index is 0.0507. The lowest BCUT2D eigenvalue weighted by molar-refractivity contribution is -0.151. The van der Waals surface area contributed by atoms with Gasteiger partial charge in [0, 0.05) is 6.54 Å². The highest BCUT2D eigenvalue weighted by molar-refractivity contribution is 5.97. The van der Waals surface area contributed by atoms with Gasteiger partial charge in [0.2, 0.25) is 11.8 Å². The van der Waals surface area contributed by atoms with E-state index in [-0.39, 0.29) is 23.6 Å². The molecule has 0 spiro atoms. The number of hydrogen-bond acceptors (Lipinski definition) is 6. The summed E-state index contributed by atoms with van der Waals surface area (Å²) in [5.74, 6) is -1.08. The van der Waals surface area contributed by atoms with Crippen molar-refractivity contribution in [2.24, 2.45) is 5.92 Å². The molecule has 4 atom stereocenters. The van der Waals surface area contributed by atoms with Gasteiger partial charge >= 0.3 is 6.09 Å². The summed E-state index contributed by atoms with van der Waals surface area (Å²) in [6, 6.07) is -1.48. The van der Waals surface area contributed by atoms with Crippen molar-refractivity contribution in [3.8, 4) is 0 Å². The van der Waals surface area contributed by atoms with Crippen molar-refractivity contribution < 1.29 is 28.8 Å². The van der Waals surface area contributed by atoms with Crippen LogP contribution in [0.3, 0.4) is 0 Å². The predicted molar refractivity (Wildman–Crippen MR) is 145 cm³/mol. The second-order valence-corrected chi connectivity index (χ2v) is 12.8. The number of hydrogen-bond donors (Lipinski definition) is 3. The van der Waals surface area contributed by atoms with E-state index < -0.39 is 34.9 Å². The number of amides is 4. The third-order valence-corrected chi connectivity index (χ3v) is 6.93. The average Bonchev–Trinajstić information content (AvgIpc) is 3.20. The van der Waals surface area contributed by atoms with E-state index >= 15 is 0 Å². The summed E-state index contributed by atoms with van der Waals surface area (Å²) in [7, 11) is 0. The zero-order valence-electron chi connectivity index (χ0n) is 24.7. The summed E-state index contributed by atoms with van der Waals surface area (Å²) in [5.41, 5.74) is 0.175. The van der Waals surface area contributed by atoms with E-state index in [2.05, 4.69) is 23.0 Å². The third-order valence-electron chi connectivity index (χ3n) is 6.93. The summed E-state index contributed by atoms with van der Waals surface area (Å²) in [6.07, 6.45) is 6.55. The van der Waals surface area contributed by atoms with E-state index in [1.807, 2.05) is 27.7 Å². The van der Waals surface area contributed by atoms with Gasteiger partial charge in [0.25, 0.3) is 5.91 Å². The molecule has 0 aromatic carbocycles. The number of carbonyl (C=O) groups is 4. The van der Waals surface area contributed by atoms with Gasteiger partial charge in [-0.3, -0.25) is 19.2 Å². The zero-order chi connectivity index (χ0) is 28.7. The Hall–Kier alpha value is -2.36. The van der Waals surface area contributed by atoms with Crippen molar-refractivity contribution in [3.63, 3.8) is 0 Å². The average molecular weight is 539 g/mol. The molecular formula is C28H50N4O6. The number of rotatable bonds is 12. The van der Waals surface area contributed by atoms with Gasteiger partial charge in [-0.05, 0) is 73.1 Å². The number of ether oxygens (including phenoxy) is 1. The molecule has 4 amide bonds. The Bertz CT molecular complexity index is 849. The van der Waals surface area contributed by atoms with Gasteiger partial charge in [0.15, 0.2) is 0 Å². The summed E-state index contributed by atoms with van der Waals surface area (Å²) in [6.45, 7) is 15.2. The molecule has 0 aromatic rings. The van der Waals surface area contributed by atoms with E-state index in [1.165, 1.54) is 0 Å². The Morgan fingerprint density at radius 3 is 2.18 bits per heavy atom. The maximum Gasteiger partial charge on any atom is 0.408 e. The fourth-order valence-electron chi connectivity index (χ4n) is 4.73. The number of nitrogens with zero attached hydrogens (tertiary/aromatic N) is 1. The second kappa shape index (κ2) is 13.1. The molecular weight excluding hydrogens is 488 g/mol. The number of likely N-dealkylation sites (tertiary alicyclic amines) is 1. The molecule has 218 valence electrons. The van der Waals surface area contributed by atoms with E-state index in [1.54, 1.807) is 25.7 Å². The van der Waals surface area contributed by atoms with Gasteiger partial charge in [0.05, 0.1) is 5.60 Å². The lowest BCUT2D eigenvalue weighted by atomic mass is 10.0. The van der Waals surface area contributed by atoms with E-state index in [0.29, 0.717) is 32.2 Å². The molecule has 2 rings (SSSR count). The smallest absolute Gasteiger partial charge is 0.408 e. The standard InChI is InChI=1S/C28H50N4O6/c1-9-10-11-12-13-15-20(29-25(36)37-26(3,4)5)23(34)32-17-14-16-21(32)22(33)30-28(18-19(28)2)24(35)31-38-27(6,7)8/h19-21H,9-18H2,1-8H3,(H,29,36)(H,30,33)(H,31,35)/t19?,20-,21-,28+/m0/s1. The van der Waals surface area contributed by atoms with E-state index in [4.69, 9.17) is 9.57 Å². The SMILES string of the molecule is CCCCCCC[C@H](NC(=O)OC(C)(C)C)C(=O)N1CCC[C@H]1C(=O)N[C@]1(C(=O)NOC(C)(C)C)CC1C. The summed E-state index contributed by atoms with van der Waals surface area (Å²) < 4.78 is 5.40. The van der Waals surface area contributed by atoms with Crippen molar-refractivity contribution in [1.82, 2.24) is 21.0 Å². The normalized spacial score (nSPS) is 23.9. The molecule has 1 saturated heterocycles. The van der Waals surface area contributed by atoms with Crippen LogP contribution in [0.1, 0.15) is 113 Å². The highest BCUT2D eigenvalue weighted by Gasteiger charge is 2.59. The molecule has 2 aliphatic rings. The highest BCUT2D eigenvalue weighted by Crippen LogP contribution is 2.43. The lowest BCUT2D eigenvalue weighted by Crippen LogP contribution is -2.58. The monoisotopic (exact) mass is 538 g/mol. The van der Waals surface area contributed by atoms with Crippen molar-refractivity contribution >= 4 is 23.8 Å². The Labute approximate surface area is 228 Å². The quantitative estimate of drug-likeness (QED) is 0.255. The fourth-order valence-corrected chi connectivity index (χ4v) is 4.73. The Morgan fingerprint density at radius 2 is 1.63 bits per heavy atom. The molecule has 10 nitrogen and oxygen atoms in total. The molecule has 3 N–H and O–H groups in total. The first-order valence-corrected chi connectivity index (χ1v) is 14.2. The van der Waals surface area contributed by atoms with Crippen LogP contribution in [-0.4, -0.2) is 64.1 Å². The van der Waals surface area contributed by atoms with Crippen LogP contribution in [0.15, 0.2) is 0 Å². The van der Waals surface area contributed by atoms with Gasteiger partial charge in [-0.1, -0.05) is 46.0 Å². The molecule has 1 saturated carbocycles. The lowest BCUT2D eigenvalue weighted by Gasteiger charge is -2.31. The number of hydroxylamine groups is 1. The summed E-state index contributed by atoms with van der Waals surface area (Å²) in [5, 5.41) is 5.67. The largest absolute Gasteiger partial charge is 0.444 e. The van der Waals surface area contributed by atoms with Crippen LogP contribution in [0.2, 0.25) is 0 Å². The van der Waals surface area contributed by atoms with Gasteiger partial charge in [-0.25, -0.2) is 10.3 Å². The van der Waals surface area contributed by atoms with E-state index in [9.17, 15) is 19.2 Å². The molecule has 1 aliphatic carbocycles. The highest BCUT2D eigenvalue weighted by atomic mass is 16.7. The maximum absolute atomic E-state index is 13.7. The maximum atomic E-state index is 13.7. The topological polar surface area (TPSA) is 126 Å². The first-order valence-electron chi connectivity index (χ1n) is 14.2. The minimum atomic E-state index is -1.05. The predicted octanol–water partition coefficient (Wildman–Crippen LogP) is 3.97. The number of alkyl carbamates (subject to hydrolysis) is 1. The van der Waals surface area contributed by atoms with Gasteiger partial charge < -0.3 is 20.3 Å². The van der Waals surface area contributed by atoms with Gasteiger partial charge in [-0.2, -0.15) is 0 Å². The zero-order valence-corrected chi connectivity index (χ0v) is 24.7. The summed E-state index contributed by atoms with van der Waals surface area (Å²) in [4.78, 5) is 59.5. The van der Waals surface area contributed by atoms with Gasteiger partial charge in [-0.15, -0.1) is 0 Å². The van der Waals surface area contributed by atoms with Crippen LogP contribution < -0.4 is 16.1 Å². The van der Waals surface area contributed by atoms with Crippen LogP contribution in [0.5, 0.6) is 0 Å². The fraction of sp³-hybridized carbons (Fsp3) is 0.857. The summed E-state index contributed by atoms with van der Waals surface area (Å²) >= 11 is 0. The molecule has 1 aliphatic heterocycles. The van der Waals surface area contributed by atoms with Crippen LogP contribution in [-0.2, 0) is 24.0 Å². The van der Waals surface area contributed by atoms with Crippen LogP contribution in [0, 0.1) is 5.92 Å². The number of carbonyl (C=O) groups excluding carboxylic acids is 4. The van der Waals surface area contributed by atoms with E-state index in [0.717, 1.165) is 32.1 Å². The molecule has 0 radical (unpaired) electrons. The van der Waals surface area contributed by atoms with Gasteiger partial charge in [0.1, 0.15) is 23.2 Å². The molecule has 2 fully saturated rings. The first-order chi connectivity index (χ1) is 17.6. The third kappa shape index (κ3) is 9.43. The molecule has 1 unspecified atom stereocenters. The van der Waals surface area contributed by atoms with Crippen LogP contribution in [0.4, 0.5) is 4.79 Å². The Kier molecular flexibility index (Phi) is 11.0. The number of nitrogens with one attached hydrogen (secondary N) is 3. The molecule has 10 heteroatoms. The van der Waals surface area contributed by atoms with Crippen molar-refractivity contribution in [2.45, 2.75) is 142 Å². The number of unbranched alkanes of at least 4 members (excludes halogenated alkanes) is 4. The first kappa shape index (κ1) is 31.9. The van der Waals surface area contributed by atoms with Crippen molar-refractivity contribution in [3.05, 3.63) is 0 Å². The van der Waals surface area contributed by atoms with Crippen LogP contribution >= 0.6 is 0 Å². The van der Waals surface area contributed by atoms with Crippen molar-refractivity contribution in [1.29, 1.82) is 0 Å². The van der Waals surface area contributed by atoms with Crippen molar-refractivity contribution in [2.75, 3.05) is 6.54 Å². The molecule has 1 heterocycles.